The second-order valence-corrected chi connectivity index (χ2v) is 5.76. The summed E-state index contributed by atoms with van der Waals surface area (Å²) >= 11 is 0. The van der Waals surface area contributed by atoms with Crippen molar-refractivity contribution in [3.63, 3.8) is 0 Å². The van der Waals surface area contributed by atoms with Crippen LogP contribution in [-0.4, -0.2) is 31.9 Å². The van der Waals surface area contributed by atoms with Crippen molar-refractivity contribution >= 4 is 33.7 Å². The first-order chi connectivity index (χ1) is 11.7. The minimum absolute atomic E-state index is 0.000596. The van der Waals surface area contributed by atoms with Gasteiger partial charge in [0.1, 0.15) is 6.07 Å². The van der Waals surface area contributed by atoms with Crippen molar-refractivity contribution in [1.29, 1.82) is 5.26 Å². The Bertz CT molecular complexity index is 1100. The fourth-order valence-corrected chi connectivity index (χ4v) is 2.72. The number of para-hydroxylation sites is 2. The molecule has 118 valence electrons. The molecule has 0 aliphatic rings. The second-order valence-electron chi connectivity index (χ2n) is 5.76. The Morgan fingerprint density at radius 2 is 2.12 bits per heavy atom. The lowest BCUT2D eigenvalue weighted by atomic mass is 10.2. The number of benzene rings is 1. The summed E-state index contributed by atoms with van der Waals surface area (Å²) in [7, 11) is 0. The molecule has 0 bridgehead atoms. The van der Waals surface area contributed by atoms with E-state index in [2.05, 4.69) is 26.3 Å². The molecule has 1 atom stereocenters. The summed E-state index contributed by atoms with van der Waals surface area (Å²) in [5.41, 5.74) is 9.31. The van der Waals surface area contributed by atoms with E-state index in [1.807, 2.05) is 35.6 Å². The van der Waals surface area contributed by atoms with Crippen molar-refractivity contribution in [3.05, 3.63) is 42.1 Å². The molecule has 0 fully saturated rings. The van der Waals surface area contributed by atoms with Gasteiger partial charge in [-0.2, -0.15) is 10.2 Å². The SMILES string of the molecule is C[C@@H](N)CNc1ncc2cc(C#N)c3nc4ccccc4n3c2n1. The molecule has 3 aromatic heterocycles. The zero-order chi connectivity index (χ0) is 16.7. The Labute approximate surface area is 137 Å². The third-order valence-electron chi connectivity index (χ3n) is 3.81. The van der Waals surface area contributed by atoms with Gasteiger partial charge in [0.2, 0.25) is 5.95 Å². The van der Waals surface area contributed by atoms with E-state index in [0.717, 1.165) is 16.4 Å². The molecule has 0 spiro atoms. The summed E-state index contributed by atoms with van der Waals surface area (Å²) in [6.07, 6.45) is 1.71. The van der Waals surface area contributed by atoms with Crippen LogP contribution in [0.15, 0.2) is 36.5 Å². The van der Waals surface area contributed by atoms with E-state index < -0.39 is 0 Å². The van der Waals surface area contributed by atoms with Crippen LogP contribution >= 0.6 is 0 Å². The van der Waals surface area contributed by atoms with Gasteiger partial charge >= 0.3 is 0 Å². The number of nitrogens with one attached hydrogen (secondary N) is 1. The molecule has 0 radical (unpaired) electrons. The van der Waals surface area contributed by atoms with Crippen molar-refractivity contribution in [3.8, 4) is 6.07 Å². The number of anilines is 1. The number of nitrogens with zero attached hydrogens (tertiary/aromatic N) is 5. The summed E-state index contributed by atoms with van der Waals surface area (Å²) in [5.74, 6) is 0.503. The van der Waals surface area contributed by atoms with Gasteiger partial charge in [-0.15, -0.1) is 0 Å². The van der Waals surface area contributed by atoms with Gasteiger partial charge in [-0.3, -0.25) is 4.40 Å². The second kappa shape index (κ2) is 5.44. The molecule has 3 heterocycles. The van der Waals surface area contributed by atoms with Gasteiger partial charge < -0.3 is 11.1 Å². The predicted molar refractivity (Wildman–Crippen MR) is 92.6 cm³/mol. The van der Waals surface area contributed by atoms with Crippen LogP contribution in [0.25, 0.3) is 27.7 Å². The molecular formula is C17H15N7. The Morgan fingerprint density at radius 1 is 1.29 bits per heavy atom. The van der Waals surface area contributed by atoms with Crippen LogP contribution in [-0.2, 0) is 0 Å². The van der Waals surface area contributed by atoms with E-state index in [1.165, 1.54) is 0 Å². The van der Waals surface area contributed by atoms with Crippen molar-refractivity contribution in [2.24, 2.45) is 5.73 Å². The maximum atomic E-state index is 9.45. The molecule has 4 aromatic rings. The van der Waals surface area contributed by atoms with Crippen LogP contribution in [0.5, 0.6) is 0 Å². The first-order valence-corrected chi connectivity index (χ1v) is 7.64. The topological polar surface area (TPSA) is 105 Å². The van der Waals surface area contributed by atoms with Gasteiger partial charge in [0.05, 0.1) is 16.6 Å². The van der Waals surface area contributed by atoms with E-state index >= 15 is 0 Å². The molecule has 1 aromatic carbocycles. The van der Waals surface area contributed by atoms with Crippen molar-refractivity contribution in [1.82, 2.24) is 19.4 Å². The quantitative estimate of drug-likeness (QED) is 0.599. The van der Waals surface area contributed by atoms with Crippen molar-refractivity contribution in [2.75, 3.05) is 11.9 Å². The largest absolute Gasteiger partial charge is 0.353 e. The molecule has 0 aliphatic heterocycles. The van der Waals surface area contributed by atoms with Crippen LogP contribution in [0.3, 0.4) is 0 Å². The number of nitrogens with two attached hydrogens (primary N) is 1. The van der Waals surface area contributed by atoms with Gasteiger partial charge in [0.25, 0.3) is 0 Å². The fourth-order valence-electron chi connectivity index (χ4n) is 2.72. The van der Waals surface area contributed by atoms with Crippen molar-refractivity contribution in [2.45, 2.75) is 13.0 Å². The van der Waals surface area contributed by atoms with Gasteiger partial charge in [-0.05, 0) is 25.1 Å². The molecule has 0 saturated carbocycles. The molecule has 7 heteroatoms. The average Bonchev–Trinajstić information content (AvgIpc) is 2.99. The molecule has 4 rings (SSSR count). The van der Waals surface area contributed by atoms with Crippen molar-refractivity contribution < 1.29 is 0 Å². The van der Waals surface area contributed by atoms with Gasteiger partial charge in [-0.25, -0.2) is 9.97 Å². The molecular weight excluding hydrogens is 302 g/mol. The van der Waals surface area contributed by atoms with Crippen LogP contribution in [0, 0.1) is 11.3 Å². The third-order valence-corrected chi connectivity index (χ3v) is 3.81. The van der Waals surface area contributed by atoms with Gasteiger partial charge in [-0.1, -0.05) is 12.1 Å². The van der Waals surface area contributed by atoms with E-state index in [4.69, 9.17) is 5.73 Å². The number of hydrogen-bond donors (Lipinski definition) is 2. The van der Waals surface area contributed by atoms with Crippen LogP contribution in [0.4, 0.5) is 5.95 Å². The molecule has 7 nitrogen and oxygen atoms in total. The highest BCUT2D eigenvalue weighted by Crippen LogP contribution is 2.25. The number of pyridine rings is 1. The van der Waals surface area contributed by atoms with E-state index in [-0.39, 0.29) is 6.04 Å². The smallest absolute Gasteiger partial charge is 0.224 e. The summed E-state index contributed by atoms with van der Waals surface area (Å²) in [6, 6.07) is 11.7. The standard InChI is InChI=1S/C17H15N7/c1-10(19)8-20-17-21-9-12-6-11(7-18)15-22-13-4-2-3-5-14(13)24(15)16(12)23-17/h2-6,9-10H,8,19H2,1H3,(H,20,21,23)/t10-/m1/s1. The monoisotopic (exact) mass is 317 g/mol. The normalized spacial score (nSPS) is 12.5. The van der Waals surface area contributed by atoms with Crippen LogP contribution in [0.1, 0.15) is 12.5 Å². The lowest BCUT2D eigenvalue weighted by molar-refractivity contribution is 0.774. The molecule has 3 N–H and O–H groups in total. The van der Waals surface area contributed by atoms with Gasteiger partial charge in [0.15, 0.2) is 11.3 Å². The Balaban J connectivity index is 2.05. The number of nitriles is 1. The summed E-state index contributed by atoms with van der Waals surface area (Å²) < 4.78 is 1.90. The molecule has 0 amide bonds. The van der Waals surface area contributed by atoms with E-state index in [9.17, 15) is 5.26 Å². The molecule has 0 unspecified atom stereocenters. The highest BCUT2D eigenvalue weighted by atomic mass is 15.1. The minimum atomic E-state index is -0.000596. The summed E-state index contributed by atoms with van der Waals surface area (Å²) in [4.78, 5) is 13.5. The van der Waals surface area contributed by atoms with Crippen LogP contribution < -0.4 is 11.1 Å². The minimum Gasteiger partial charge on any atom is -0.353 e. The number of fused-ring (bicyclic) bond motifs is 5. The zero-order valence-corrected chi connectivity index (χ0v) is 13.1. The number of hydrogen-bond acceptors (Lipinski definition) is 6. The third kappa shape index (κ3) is 2.21. The van der Waals surface area contributed by atoms with Gasteiger partial charge in [0, 0.05) is 24.2 Å². The molecule has 0 saturated heterocycles. The maximum Gasteiger partial charge on any atom is 0.224 e. The maximum absolute atomic E-state index is 9.45. The lowest BCUT2D eigenvalue weighted by Gasteiger charge is -2.09. The first-order valence-electron chi connectivity index (χ1n) is 7.64. The molecule has 24 heavy (non-hydrogen) atoms. The Morgan fingerprint density at radius 3 is 2.92 bits per heavy atom. The van der Waals surface area contributed by atoms with E-state index in [0.29, 0.717) is 29.4 Å². The summed E-state index contributed by atoms with van der Waals surface area (Å²) in [6.45, 7) is 2.49. The first kappa shape index (κ1) is 14.4. The zero-order valence-electron chi connectivity index (χ0n) is 13.1. The number of aromatic nitrogens is 4. The highest BCUT2D eigenvalue weighted by Gasteiger charge is 2.14. The lowest BCUT2D eigenvalue weighted by Crippen LogP contribution is -2.25. The molecule has 0 aliphatic carbocycles. The summed E-state index contributed by atoms with van der Waals surface area (Å²) in [5, 5.41) is 13.4. The Hall–Kier alpha value is -3.24. The Kier molecular flexibility index (Phi) is 3.25. The van der Waals surface area contributed by atoms with Crippen LogP contribution in [0.2, 0.25) is 0 Å². The highest BCUT2D eigenvalue weighted by molar-refractivity contribution is 5.91. The van der Waals surface area contributed by atoms with E-state index in [1.54, 1.807) is 12.3 Å². The average molecular weight is 317 g/mol. The predicted octanol–water partition coefficient (Wildman–Crippen LogP) is 2.06. The number of rotatable bonds is 3. The fraction of sp³-hybridized carbons (Fsp3) is 0.176. The number of imidazole rings is 1.